The minimum absolute atomic E-state index is 0.00842. The van der Waals surface area contributed by atoms with Crippen LogP contribution in [0.15, 0.2) is 0 Å². The number of rotatable bonds is 8. The molecule has 3 N–H and O–H groups in total. The number of carbonyl (C=O) groups excluding carboxylic acids is 1. The number of hydrogen-bond donors (Lipinski definition) is 2. The van der Waals surface area contributed by atoms with Gasteiger partial charge in [-0.25, -0.2) is 0 Å². The largest absolute Gasteiger partial charge is 0.352 e. The first-order valence-corrected chi connectivity index (χ1v) is 7.08. The predicted molar refractivity (Wildman–Crippen MR) is 68.1 cm³/mol. The third kappa shape index (κ3) is 6.05. The Morgan fingerprint density at radius 3 is 2.53 bits per heavy atom. The lowest BCUT2D eigenvalue weighted by Gasteiger charge is -2.20. The zero-order chi connectivity index (χ0) is 11.7. The first-order chi connectivity index (χ1) is 7.19. The van der Waals surface area contributed by atoms with Gasteiger partial charge in [0.05, 0.1) is 5.92 Å². The fraction of sp³-hybridized carbons (Fsp3) is 0.909. The van der Waals surface area contributed by atoms with Crippen molar-refractivity contribution in [3.63, 3.8) is 0 Å². The number of carbonyl (C=O) groups is 1. The maximum atomic E-state index is 11.8. The molecule has 2 unspecified atom stereocenters. The minimum Gasteiger partial charge on any atom is -0.352 e. The molecule has 0 aromatic carbocycles. The molecule has 4 heteroatoms. The van der Waals surface area contributed by atoms with Gasteiger partial charge in [-0.1, -0.05) is 20.3 Å². The maximum absolute atomic E-state index is 11.8. The molecule has 0 saturated heterocycles. The molecular weight excluding hydrogens is 208 g/mol. The van der Waals surface area contributed by atoms with Gasteiger partial charge in [-0.2, -0.15) is 11.8 Å². The van der Waals surface area contributed by atoms with E-state index in [0.717, 1.165) is 25.0 Å². The minimum atomic E-state index is -0.00842. The highest BCUT2D eigenvalue weighted by Gasteiger charge is 2.18. The molecular formula is C11H24N2OS. The topological polar surface area (TPSA) is 55.1 Å². The zero-order valence-electron chi connectivity index (χ0n) is 10.1. The van der Waals surface area contributed by atoms with Crippen LogP contribution in [0.1, 0.15) is 33.1 Å². The third-order valence-corrected chi connectivity index (χ3v) is 3.24. The van der Waals surface area contributed by atoms with Gasteiger partial charge in [-0.05, 0) is 19.1 Å². The molecule has 0 spiro atoms. The van der Waals surface area contributed by atoms with Crippen LogP contribution in [0, 0.1) is 5.92 Å². The molecule has 1 amide bonds. The van der Waals surface area contributed by atoms with Gasteiger partial charge in [0.15, 0.2) is 0 Å². The first-order valence-electron chi connectivity index (χ1n) is 5.68. The fourth-order valence-corrected chi connectivity index (χ4v) is 2.21. The average Bonchev–Trinajstić information content (AvgIpc) is 2.24. The summed E-state index contributed by atoms with van der Waals surface area (Å²) >= 11 is 1.76. The van der Waals surface area contributed by atoms with Crippen LogP contribution >= 0.6 is 11.8 Å². The molecule has 0 radical (unpaired) electrons. The van der Waals surface area contributed by atoms with Crippen molar-refractivity contribution in [2.24, 2.45) is 11.7 Å². The third-order valence-electron chi connectivity index (χ3n) is 2.50. The van der Waals surface area contributed by atoms with Crippen LogP contribution in [0.2, 0.25) is 0 Å². The van der Waals surface area contributed by atoms with Crippen LogP contribution in [0.25, 0.3) is 0 Å². The number of nitrogens with one attached hydrogen (secondary N) is 1. The Balaban J connectivity index is 4.05. The summed E-state index contributed by atoms with van der Waals surface area (Å²) in [6, 6.07) is 0.290. The highest BCUT2D eigenvalue weighted by molar-refractivity contribution is 7.98. The zero-order valence-corrected chi connectivity index (χ0v) is 10.9. The quantitative estimate of drug-likeness (QED) is 0.668. The number of amides is 1. The van der Waals surface area contributed by atoms with E-state index >= 15 is 0 Å². The second-order valence-corrected chi connectivity index (χ2v) is 4.70. The lowest BCUT2D eigenvalue weighted by Crippen LogP contribution is -2.42. The van der Waals surface area contributed by atoms with Crippen molar-refractivity contribution in [1.29, 1.82) is 0 Å². The van der Waals surface area contributed by atoms with Gasteiger partial charge in [0.1, 0.15) is 0 Å². The first kappa shape index (κ1) is 14.8. The van der Waals surface area contributed by atoms with Crippen molar-refractivity contribution in [3.8, 4) is 0 Å². The van der Waals surface area contributed by atoms with Gasteiger partial charge in [0, 0.05) is 18.3 Å². The molecule has 0 aliphatic carbocycles. The van der Waals surface area contributed by atoms with E-state index in [1.165, 1.54) is 0 Å². The van der Waals surface area contributed by atoms with Crippen molar-refractivity contribution in [2.75, 3.05) is 18.6 Å². The van der Waals surface area contributed by atoms with E-state index in [2.05, 4.69) is 25.4 Å². The van der Waals surface area contributed by atoms with Crippen LogP contribution in [0.5, 0.6) is 0 Å². The Morgan fingerprint density at radius 2 is 2.13 bits per heavy atom. The van der Waals surface area contributed by atoms with E-state index in [1.54, 1.807) is 11.8 Å². The van der Waals surface area contributed by atoms with Crippen molar-refractivity contribution >= 4 is 17.7 Å². The number of nitrogens with two attached hydrogens (primary N) is 1. The van der Waals surface area contributed by atoms with Crippen molar-refractivity contribution in [1.82, 2.24) is 5.32 Å². The molecule has 0 aliphatic rings. The van der Waals surface area contributed by atoms with Gasteiger partial charge in [-0.3, -0.25) is 4.79 Å². The molecule has 0 heterocycles. The maximum Gasteiger partial charge on any atom is 0.224 e. The summed E-state index contributed by atoms with van der Waals surface area (Å²) in [7, 11) is 0. The van der Waals surface area contributed by atoms with E-state index in [9.17, 15) is 4.79 Å². The summed E-state index contributed by atoms with van der Waals surface area (Å²) < 4.78 is 0. The van der Waals surface area contributed by atoms with Crippen LogP contribution in [-0.4, -0.2) is 30.5 Å². The Bertz CT molecular complexity index is 176. The summed E-state index contributed by atoms with van der Waals surface area (Å²) in [5.74, 6) is 1.09. The van der Waals surface area contributed by atoms with Crippen LogP contribution in [-0.2, 0) is 4.79 Å². The molecule has 15 heavy (non-hydrogen) atoms. The molecule has 0 aromatic rings. The van der Waals surface area contributed by atoms with Crippen LogP contribution < -0.4 is 11.1 Å². The van der Waals surface area contributed by atoms with Gasteiger partial charge < -0.3 is 11.1 Å². The Labute approximate surface area is 97.6 Å². The summed E-state index contributed by atoms with van der Waals surface area (Å²) in [4.78, 5) is 11.8. The monoisotopic (exact) mass is 232 g/mol. The van der Waals surface area contributed by atoms with E-state index in [4.69, 9.17) is 5.73 Å². The van der Waals surface area contributed by atoms with Gasteiger partial charge in [-0.15, -0.1) is 0 Å². The number of hydrogen-bond acceptors (Lipinski definition) is 3. The molecule has 2 atom stereocenters. The SMILES string of the molecule is CCCC(CN)C(=O)NC(CC)CSC. The molecule has 90 valence electrons. The van der Waals surface area contributed by atoms with E-state index < -0.39 is 0 Å². The molecule has 0 aromatic heterocycles. The van der Waals surface area contributed by atoms with E-state index in [-0.39, 0.29) is 11.8 Å². The van der Waals surface area contributed by atoms with E-state index in [0.29, 0.717) is 12.6 Å². The number of thioether (sulfide) groups is 1. The molecule has 3 nitrogen and oxygen atoms in total. The summed E-state index contributed by atoms with van der Waals surface area (Å²) in [6.07, 6.45) is 4.93. The second-order valence-electron chi connectivity index (χ2n) is 3.79. The summed E-state index contributed by atoms with van der Waals surface area (Å²) in [5, 5.41) is 3.06. The normalized spacial score (nSPS) is 14.7. The lowest BCUT2D eigenvalue weighted by atomic mass is 10.0. The van der Waals surface area contributed by atoms with Crippen molar-refractivity contribution < 1.29 is 4.79 Å². The molecule has 0 aliphatic heterocycles. The van der Waals surface area contributed by atoms with Crippen molar-refractivity contribution in [3.05, 3.63) is 0 Å². The molecule has 0 rings (SSSR count). The summed E-state index contributed by atoms with van der Waals surface area (Å²) in [6.45, 7) is 4.63. The highest BCUT2D eigenvalue weighted by Crippen LogP contribution is 2.07. The van der Waals surface area contributed by atoms with Gasteiger partial charge in [0.25, 0.3) is 0 Å². The average molecular weight is 232 g/mol. The molecule has 0 bridgehead atoms. The Hall–Kier alpha value is -0.220. The Morgan fingerprint density at radius 1 is 1.47 bits per heavy atom. The fourth-order valence-electron chi connectivity index (χ4n) is 1.49. The van der Waals surface area contributed by atoms with E-state index in [1.807, 2.05) is 0 Å². The van der Waals surface area contributed by atoms with Gasteiger partial charge in [0.2, 0.25) is 5.91 Å². The van der Waals surface area contributed by atoms with Gasteiger partial charge >= 0.3 is 0 Å². The lowest BCUT2D eigenvalue weighted by molar-refractivity contribution is -0.125. The molecule has 0 saturated carbocycles. The van der Waals surface area contributed by atoms with Crippen LogP contribution in [0.3, 0.4) is 0 Å². The summed E-state index contributed by atoms with van der Waals surface area (Å²) in [5.41, 5.74) is 5.58. The smallest absolute Gasteiger partial charge is 0.224 e. The standard InChI is InChI=1S/C11H24N2OS/c1-4-6-9(7-12)11(14)13-10(5-2)8-15-3/h9-10H,4-8,12H2,1-3H3,(H,13,14). The predicted octanol–water partition coefficient (Wildman–Crippen LogP) is 1.62. The molecule has 0 fully saturated rings. The van der Waals surface area contributed by atoms with Crippen LogP contribution in [0.4, 0.5) is 0 Å². The Kier molecular flexibility index (Phi) is 8.91. The highest BCUT2D eigenvalue weighted by atomic mass is 32.2. The second kappa shape index (κ2) is 9.04. The van der Waals surface area contributed by atoms with Crippen molar-refractivity contribution in [2.45, 2.75) is 39.2 Å².